The van der Waals surface area contributed by atoms with Crippen LogP contribution in [0.1, 0.15) is 45.8 Å². The van der Waals surface area contributed by atoms with Gasteiger partial charge in [-0.05, 0) is 51.0 Å². The molecule has 22 heavy (non-hydrogen) atoms. The normalized spacial score (nSPS) is 12.4. The molecule has 0 fully saturated rings. The van der Waals surface area contributed by atoms with Gasteiger partial charge in [0.05, 0.1) is 6.10 Å². The number of amides is 2. The summed E-state index contributed by atoms with van der Waals surface area (Å²) < 4.78 is 5.14. The minimum Gasteiger partial charge on any atom is -0.465 e. The van der Waals surface area contributed by atoms with E-state index < -0.39 is 23.9 Å². The fraction of sp³-hybridized carbons (Fsp3) is 0.467. The Morgan fingerprint density at radius 2 is 1.73 bits per heavy atom. The molecule has 0 aromatic heterocycles. The maximum Gasteiger partial charge on any atom is 0.412 e. The molecule has 0 aliphatic rings. The van der Waals surface area contributed by atoms with Crippen LogP contribution < -0.4 is 10.6 Å². The van der Waals surface area contributed by atoms with Crippen LogP contribution in [0, 0.1) is 0 Å². The second-order valence-corrected chi connectivity index (χ2v) is 5.82. The number of nitrogens with one attached hydrogen (secondary N) is 2. The van der Waals surface area contributed by atoms with Crippen LogP contribution in [0.5, 0.6) is 0 Å². The van der Waals surface area contributed by atoms with E-state index in [0.29, 0.717) is 17.7 Å². The van der Waals surface area contributed by atoms with Gasteiger partial charge in [-0.3, -0.25) is 10.6 Å². The summed E-state index contributed by atoms with van der Waals surface area (Å²) in [6.07, 6.45) is -2.18. The third kappa shape index (κ3) is 6.01. The Balaban J connectivity index is 3.01. The van der Waals surface area contributed by atoms with Gasteiger partial charge in [-0.1, -0.05) is 6.92 Å². The molecule has 2 amide bonds. The summed E-state index contributed by atoms with van der Waals surface area (Å²) in [4.78, 5) is 22.5. The maximum absolute atomic E-state index is 11.8. The van der Waals surface area contributed by atoms with Crippen LogP contribution in [0.2, 0.25) is 0 Å². The van der Waals surface area contributed by atoms with Crippen molar-refractivity contribution in [3.05, 3.63) is 23.8 Å². The van der Waals surface area contributed by atoms with Gasteiger partial charge in [0.15, 0.2) is 0 Å². The van der Waals surface area contributed by atoms with Crippen LogP contribution in [0.3, 0.4) is 0 Å². The van der Waals surface area contributed by atoms with Gasteiger partial charge >= 0.3 is 12.2 Å². The van der Waals surface area contributed by atoms with Crippen LogP contribution >= 0.6 is 0 Å². The molecule has 0 aliphatic carbocycles. The third-order valence-electron chi connectivity index (χ3n) is 2.62. The molecule has 1 unspecified atom stereocenters. The molecule has 1 rings (SSSR count). The van der Waals surface area contributed by atoms with Crippen LogP contribution in [-0.2, 0) is 4.74 Å². The van der Waals surface area contributed by atoms with E-state index in [2.05, 4.69) is 10.6 Å². The van der Waals surface area contributed by atoms with Crippen molar-refractivity contribution >= 4 is 23.6 Å². The van der Waals surface area contributed by atoms with E-state index in [4.69, 9.17) is 9.84 Å². The Morgan fingerprint density at radius 1 is 1.18 bits per heavy atom. The van der Waals surface area contributed by atoms with Gasteiger partial charge in [0.2, 0.25) is 0 Å². The lowest BCUT2D eigenvalue weighted by molar-refractivity contribution is 0.0636. The molecular weight excluding hydrogens is 288 g/mol. The zero-order valence-electron chi connectivity index (χ0n) is 13.1. The average Bonchev–Trinajstić information content (AvgIpc) is 2.34. The molecule has 0 aliphatic heterocycles. The molecule has 0 saturated heterocycles. The Hall–Kier alpha value is -2.28. The molecule has 1 atom stereocenters. The highest BCUT2D eigenvalue weighted by atomic mass is 16.6. The lowest BCUT2D eigenvalue weighted by Gasteiger charge is -2.20. The van der Waals surface area contributed by atoms with Gasteiger partial charge in [-0.2, -0.15) is 0 Å². The van der Waals surface area contributed by atoms with Crippen molar-refractivity contribution in [2.24, 2.45) is 0 Å². The quantitative estimate of drug-likeness (QED) is 0.680. The Morgan fingerprint density at radius 3 is 2.18 bits per heavy atom. The first-order chi connectivity index (χ1) is 10.1. The van der Waals surface area contributed by atoms with Crippen molar-refractivity contribution < 1.29 is 24.5 Å². The number of hydrogen-bond donors (Lipinski definition) is 4. The minimum absolute atomic E-state index is 0.253. The predicted octanol–water partition coefficient (Wildman–Crippen LogP) is 3.57. The van der Waals surface area contributed by atoms with Crippen molar-refractivity contribution in [3.63, 3.8) is 0 Å². The summed E-state index contributed by atoms with van der Waals surface area (Å²) in [6, 6.07) is 4.54. The van der Waals surface area contributed by atoms with Gasteiger partial charge in [-0.15, -0.1) is 0 Å². The van der Waals surface area contributed by atoms with E-state index >= 15 is 0 Å². The Bertz CT molecular complexity index is 551. The number of anilines is 2. The van der Waals surface area contributed by atoms with Crippen LogP contribution in [0.15, 0.2) is 18.2 Å². The number of aliphatic hydroxyl groups excluding tert-OH is 1. The molecule has 122 valence electrons. The molecule has 0 saturated carbocycles. The molecule has 0 bridgehead atoms. The summed E-state index contributed by atoms with van der Waals surface area (Å²) in [5, 5.41) is 23.4. The van der Waals surface area contributed by atoms with Crippen LogP contribution in [0.4, 0.5) is 21.0 Å². The first kappa shape index (κ1) is 17.8. The maximum atomic E-state index is 11.8. The predicted molar refractivity (Wildman–Crippen MR) is 83.2 cm³/mol. The summed E-state index contributed by atoms with van der Waals surface area (Å²) in [7, 11) is 0. The number of carboxylic acid groups (broad SMARTS) is 1. The highest BCUT2D eigenvalue weighted by Crippen LogP contribution is 2.26. The van der Waals surface area contributed by atoms with E-state index in [0.717, 1.165) is 0 Å². The fourth-order valence-corrected chi connectivity index (χ4v) is 1.77. The first-order valence-electron chi connectivity index (χ1n) is 6.93. The van der Waals surface area contributed by atoms with Gasteiger partial charge in [0.1, 0.15) is 5.60 Å². The summed E-state index contributed by atoms with van der Waals surface area (Å²) in [5.74, 6) is 0. The second-order valence-electron chi connectivity index (χ2n) is 5.82. The Labute approximate surface area is 129 Å². The number of carbonyl (C=O) groups is 2. The van der Waals surface area contributed by atoms with Crippen molar-refractivity contribution in [2.45, 2.75) is 45.8 Å². The van der Waals surface area contributed by atoms with Gasteiger partial charge in [0, 0.05) is 11.4 Å². The molecule has 0 spiro atoms. The van der Waals surface area contributed by atoms with Crippen molar-refractivity contribution in [3.8, 4) is 0 Å². The standard InChI is InChI=1S/C15H22N2O5/c1-5-12(18)9-6-10(16-13(19)20)8-11(7-9)17-14(21)22-15(2,3)4/h6-8,12,16,18H,5H2,1-4H3,(H,17,21)(H,19,20). The second kappa shape index (κ2) is 7.13. The molecule has 4 N–H and O–H groups in total. The third-order valence-corrected chi connectivity index (χ3v) is 2.62. The van der Waals surface area contributed by atoms with Crippen molar-refractivity contribution in [1.29, 1.82) is 0 Å². The van der Waals surface area contributed by atoms with Crippen LogP contribution in [0.25, 0.3) is 0 Å². The number of benzene rings is 1. The molecule has 0 radical (unpaired) electrons. The number of carbonyl (C=O) groups excluding carboxylic acids is 1. The van der Waals surface area contributed by atoms with E-state index in [9.17, 15) is 14.7 Å². The molecular formula is C15H22N2O5. The number of ether oxygens (including phenoxy) is 1. The SMILES string of the molecule is CCC(O)c1cc(NC(=O)O)cc(NC(=O)OC(C)(C)C)c1. The number of aliphatic hydroxyl groups is 1. The lowest BCUT2D eigenvalue weighted by atomic mass is 10.1. The summed E-state index contributed by atoms with van der Waals surface area (Å²) >= 11 is 0. The molecule has 1 aromatic rings. The largest absolute Gasteiger partial charge is 0.465 e. The average molecular weight is 310 g/mol. The van der Waals surface area contributed by atoms with E-state index in [1.807, 2.05) is 0 Å². The zero-order chi connectivity index (χ0) is 16.9. The summed E-state index contributed by atoms with van der Waals surface area (Å²) in [5.41, 5.74) is 0.443. The highest BCUT2D eigenvalue weighted by molar-refractivity contribution is 5.88. The Kier molecular flexibility index (Phi) is 5.76. The molecule has 7 heteroatoms. The summed E-state index contributed by atoms with van der Waals surface area (Å²) in [6.45, 7) is 7.01. The van der Waals surface area contributed by atoms with Crippen molar-refractivity contribution in [2.75, 3.05) is 10.6 Å². The van der Waals surface area contributed by atoms with Crippen molar-refractivity contribution in [1.82, 2.24) is 0 Å². The first-order valence-corrected chi connectivity index (χ1v) is 6.93. The van der Waals surface area contributed by atoms with Crippen LogP contribution in [-0.4, -0.2) is 28.0 Å². The minimum atomic E-state index is -1.23. The highest BCUT2D eigenvalue weighted by Gasteiger charge is 2.17. The lowest BCUT2D eigenvalue weighted by Crippen LogP contribution is -2.27. The van der Waals surface area contributed by atoms with E-state index in [1.54, 1.807) is 33.8 Å². The molecule has 0 heterocycles. The van der Waals surface area contributed by atoms with Gasteiger partial charge in [0.25, 0.3) is 0 Å². The van der Waals surface area contributed by atoms with Gasteiger partial charge in [-0.25, -0.2) is 9.59 Å². The molecule has 7 nitrogen and oxygen atoms in total. The van der Waals surface area contributed by atoms with E-state index in [-0.39, 0.29) is 5.69 Å². The zero-order valence-corrected chi connectivity index (χ0v) is 13.1. The topological polar surface area (TPSA) is 108 Å². The smallest absolute Gasteiger partial charge is 0.412 e. The molecule has 1 aromatic carbocycles. The number of rotatable bonds is 4. The number of hydrogen-bond acceptors (Lipinski definition) is 4. The fourth-order valence-electron chi connectivity index (χ4n) is 1.77. The van der Waals surface area contributed by atoms with Gasteiger partial charge < -0.3 is 14.9 Å². The van der Waals surface area contributed by atoms with E-state index in [1.165, 1.54) is 12.1 Å². The monoisotopic (exact) mass is 310 g/mol.